The second kappa shape index (κ2) is 4.93. The Kier molecular flexibility index (Phi) is 3.16. The highest BCUT2D eigenvalue weighted by Crippen LogP contribution is 2.33. The van der Waals surface area contributed by atoms with E-state index >= 15 is 0 Å². The van der Waals surface area contributed by atoms with Gasteiger partial charge in [0.2, 0.25) is 10.0 Å². The summed E-state index contributed by atoms with van der Waals surface area (Å²) < 4.78 is 27.3. The van der Waals surface area contributed by atoms with Crippen molar-refractivity contribution < 1.29 is 8.42 Å². The maximum Gasteiger partial charge on any atom is 0.217 e. The molecule has 2 heterocycles. The number of piperazine rings is 1. The predicted octanol–water partition coefficient (Wildman–Crippen LogP) is 1.91. The number of anilines is 1. The fourth-order valence-corrected chi connectivity index (χ4v) is 5.55. The van der Waals surface area contributed by atoms with Gasteiger partial charge >= 0.3 is 0 Å². The van der Waals surface area contributed by atoms with Crippen LogP contribution in [0.15, 0.2) is 24.3 Å². The number of thiazole rings is 1. The van der Waals surface area contributed by atoms with Crippen LogP contribution in [0.5, 0.6) is 0 Å². The van der Waals surface area contributed by atoms with E-state index in [0.717, 1.165) is 36.6 Å². The number of fused-ring (bicyclic) bond motifs is 1. The summed E-state index contributed by atoms with van der Waals surface area (Å²) in [5.41, 5.74) is 1.02. The summed E-state index contributed by atoms with van der Waals surface area (Å²) >= 11 is 1.68. The Morgan fingerprint density at radius 3 is 2.48 bits per heavy atom. The van der Waals surface area contributed by atoms with Crippen LogP contribution in [0.2, 0.25) is 0 Å². The number of aromatic nitrogens is 1. The van der Waals surface area contributed by atoms with Crippen LogP contribution >= 0.6 is 11.3 Å². The van der Waals surface area contributed by atoms with Crippen LogP contribution in [0.25, 0.3) is 10.2 Å². The van der Waals surface area contributed by atoms with E-state index in [1.807, 2.05) is 18.2 Å². The fraction of sp³-hybridized carbons (Fsp3) is 0.500. The lowest BCUT2D eigenvalue weighted by molar-refractivity contribution is 0.384. The maximum atomic E-state index is 12.2. The zero-order chi connectivity index (χ0) is 14.4. The van der Waals surface area contributed by atoms with Crippen molar-refractivity contribution in [1.82, 2.24) is 9.29 Å². The van der Waals surface area contributed by atoms with Gasteiger partial charge in [0.05, 0.1) is 15.5 Å². The first kappa shape index (κ1) is 13.5. The Morgan fingerprint density at radius 1 is 1.10 bits per heavy atom. The molecule has 0 spiro atoms. The summed E-state index contributed by atoms with van der Waals surface area (Å²) in [6, 6.07) is 8.10. The standard InChI is InChI=1S/C14H17N3O2S2/c18-21(19,11-5-6-11)17-9-7-16(8-10-17)14-15-12-3-1-2-4-13(12)20-14/h1-4,11H,5-10H2. The largest absolute Gasteiger partial charge is 0.345 e. The van der Waals surface area contributed by atoms with Crippen molar-refractivity contribution in [3.63, 3.8) is 0 Å². The minimum absolute atomic E-state index is 0.105. The number of hydrogen-bond acceptors (Lipinski definition) is 5. The van der Waals surface area contributed by atoms with Crippen LogP contribution in [0.1, 0.15) is 12.8 Å². The van der Waals surface area contributed by atoms with E-state index in [1.54, 1.807) is 15.6 Å². The highest BCUT2D eigenvalue weighted by Gasteiger charge is 2.41. The van der Waals surface area contributed by atoms with E-state index < -0.39 is 10.0 Å². The van der Waals surface area contributed by atoms with Crippen molar-refractivity contribution in [3.8, 4) is 0 Å². The smallest absolute Gasteiger partial charge is 0.217 e. The Bertz CT molecular complexity index is 726. The molecular formula is C14H17N3O2S2. The molecule has 5 nitrogen and oxygen atoms in total. The van der Waals surface area contributed by atoms with Gasteiger partial charge in [-0.1, -0.05) is 23.5 Å². The summed E-state index contributed by atoms with van der Waals surface area (Å²) in [6.07, 6.45) is 1.67. The van der Waals surface area contributed by atoms with Crippen molar-refractivity contribution in [1.29, 1.82) is 0 Å². The SMILES string of the molecule is O=S(=O)(C1CC1)N1CCN(c2nc3ccccc3s2)CC1. The van der Waals surface area contributed by atoms with Crippen LogP contribution in [0.4, 0.5) is 5.13 Å². The summed E-state index contributed by atoms with van der Waals surface area (Å²) in [5.74, 6) is 0. The van der Waals surface area contributed by atoms with Gasteiger partial charge in [-0.05, 0) is 25.0 Å². The first-order valence-electron chi connectivity index (χ1n) is 7.24. The molecule has 2 fully saturated rings. The summed E-state index contributed by atoms with van der Waals surface area (Å²) in [6.45, 7) is 2.61. The van der Waals surface area contributed by atoms with Crippen LogP contribution < -0.4 is 4.90 Å². The van der Waals surface area contributed by atoms with Gasteiger partial charge < -0.3 is 4.90 Å². The van der Waals surface area contributed by atoms with Crippen molar-refractivity contribution in [2.45, 2.75) is 18.1 Å². The highest BCUT2D eigenvalue weighted by atomic mass is 32.2. The number of hydrogen-bond donors (Lipinski definition) is 0. The molecule has 1 aromatic heterocycles. The van der Waals surface area contributed by atoms with E-state index in [-0.39, 0.29) is 5.25 Å². The molecule has 1 aliphatic carbocycles. The van der Waals surface area contributed by atoms with Gasteiger partial charge in [-0.2, -0.15) is 4.31 Å². The third-order valence-corrected chi connectivity index (χ3v) is 7.59. The summed E-state index contributed by atoms with van der Waals surface area (Å²) in [4.78, 5) is 6.85. The van der Waals surface area contributed by atoms with E-state index in [0.29, 0.717) is 13.1 Å². The predicted molar refractivity (Wildman–Crippen MR) is 85.3 cm³/mol. The average molecular weight is 323 g/mol. The number of nitrogens with zero attached hydrogens (tertiary/aromatic N) is 3. The molecule has 0 atom stereocenters. The number of rotatable bonds is 3. The third-order valence-electron chi connectivity index (χ3n) is 4.10. The molecule has 1 saturated heterocycles. The molecule has 0 N–H and O–H groups in total. The average Bonchev–Trinajstić information content (AvgIpc) is 3.27. The van der Waals surface area contributed by atoms with Crippen LogP contribution in [0, 0.1) is 0 Å². The lowest BCUT2D eigenvalue weighted by Gasteiger charge is -2.33. The molecular weight excluding hydrogens is 306 g/mol. The zero-order valence-electron chi connectivity index (χ0n) is 11.6. The van der Waals surface area contributed by atoms with Crippen molar-refractivity contribution >= 4 is 36.7 Å². The summed E-state index contributed by atoms with van der Waals surface area (Å²) in [5, 5.41) is 0.895. The molecule has 2 aromatic rings. The maximum absolute atomic E-state index is 12.2. The molecule has 112 valence electrons. The van der Waals surface area contributed by atoms with Crippen LogP contribution in [-0.2, 0) is 10.0 Å². The fourth-order valence-electron chi connectivity index (χ4n) is 2.71. The number of benzene rings is 1. The Balaban J connectivity index is 1.49. The van der Waals surface area contributed by atoms with Gasteiger partial charge in [0.25, 0.3) is 0 Å². The number of para-hydroxylation sites is 1. The second-order valence-corrected chi connectivity index (χ2v) is 8.82. The molecule has 0 bridgehead atoms. The van der Waals surface area contributed by atoms with Gasteiger partial charge in [0, 0.05) is 26.2 Å². The van der Waals surface area contributed by atoms with Gasteiger partial charge in [-0.15, -0.1) is 0 Å². The van der Waals surface area contributed by atoms with Crippen LogP contribution in [-0.4, -0.2) is 49.1 Å². The monoisotopic (exact) mass is 323 g/mol. The molecule has 0 amide bonds. The normalized spacial score (nSPS) is 21.0. The lowest BCUT2D eigenvalue weighted by Crippen LogP contribution is -2.49. The van der Waals surface area contributed by atoms with Gasteiger partial charge in [-0.3, -0.25) is 0 Å². The summed E-state index contributed by atoms with van der Waals surface area (Å²) in [7, 11) is -3.03. The van der Waals surface area contributed by atoms with Crippen molar-refractivity contribution in [3.05, 3.63) is 24.3 Å². The van der Waals surface area contributed by atoms with Gasteiger partial charge in [0.1, 0.15) is 0 Å². The molecule has 0 radical (unpaired) electrons. The molecule has 2 aliphatic rings. The first-order chi connectivity index (χ1) is 10.1. The Labute approximate surface area is 128 Å². The third kappa shape index (κ3) is 2.43. The van der Waals surface area contributed by atoms with E-state index in [2.05, 4.69) is 16.0 Å². The minimum atomic E-state index is -3.03. The highest BCUT2D eigenvalue weighted by molar-refractivity contribution is 7.90. The molecule has 1 aliphatic heterocycles. The van der Waals surface area contributed by atoms with Crippen molar-refractivity contribution in [2.24, 2.45) is 0 Å². The van der Waals surface area contributed by atoms with Gasteiger partial charge in [0.15, 0.2) is 5.13 Å². The molecule has 0 unspecified atom stereocenters. The molecule has 1 saturated carbocycles. The quantitative estimate of drug-likeness (QED) is 0.866. The number of sulfonamides is 1. The molecule has 21 heavy (non-hydrogen) atoms. The first-order valence-corrected chi connectivity index (χ1v) is 9.56. The topological polar surface area (TPSA) is 53.5 Å². The van der Waals surface area contributed by atoms with E-state index in [1.165, 1.54) is 4.70 Å². The minimum Gasteiger partial charge on any atom is -0.345 e. The van der Waals surface area contributed by atoms with Crippen molar-refractivity contribution in [2.75, 3.05) is 31.1 Å². The van der Waals surface area contributed by atoms with E-state index in [9.17, 15) is 8.42 Å². The Hall–Kier alpha value is -1.18. The molecule has 4 rings (SSSR count). The lowest BCUT2D eigenvalue weighted by atomic mass is 10.3. The zero-order valence-corrected chi connectivity index (χ0v) is 13.2. The van der Waals surface area contributed by atoms with E-state index in [4.69, 9.17) is 0 Å². The van der Waals surface area contributed by atoms with Crippen LogP contribution in [0.3, 0.4) is 0 Å². The molecule has 7 heteroatoms. The van der Waals surface area contributed by atoms with Gasteiger partial charge in [-0.25, -0.2) is 13.4 Å². The second-order valence-electron chi connectivity index (χ2n) is 5.59. The molecule has 1 aromatic carbocycles. The Morgan fingerprint density at radius 2 is 1.81 bits per heavy atom.